The number of halogens is 1. The number of fused-ring (bicyclic) bond motifs is 2. The van der Waals surface area contributed by atoms with Gasteiger partial charge in [-0.1, -0.05) is 66.7 Å². The van der Waals surface area contributed by atoms with E-state index in [9.17, 15) is 4.79 Å². The lowest BCUT2D eigenvalue weighted by Crippen LogP contribution is -2.25. The first-order chi connectivity index (χ1) is 16.7. The van der Waals surface area contributed by atoms with Crippen LogP contribution in [0.2, 0.25) is 0 Å². The van der Waals surface area contributed by atoms with E-state index in [1.165, 1.54) is 9.13 Å². The van der Waals surface area contributed by atoms with E-state index in [-0.39, 0.29) is 12.5 Å². The average molecular weight is 558 g/mol. The molecule has 5 aromatic rings. The number of nitrogens with zero attached hydrogens (tertiary/aromatic N) is 2. The van der Waals surface area contributed by atoms with Crippen LogP contribution in [0.1, 0.15) is 11.1 Å². The molecule has 5 rings (SSSR count). The van der Waals surface area contributed by atoms with Gasteiger partial charge in [-0.15, -0.1) is 0 Å². The van der Waals surface area contributed by atoms with Gasteiger partial charge in [-0.25, -0.2) is 5.43 Å². The number of carbonyl (C=O) groups is 1. The zero-order valence-corrected chi connectivity index (χ0v) is 20.6. The summed E-state index contributed by atoms with van der Waals surface area (Å²) in [5.41, 5.74) is 6.89. The molecule has 4 aromatic carbocycles. The maximum atomic E-state index is 12.4. The second kappa shape index (κ2) is 10.1. The van der Waals surface area contributed by atoms with E-state index in [2.05, 4.69) is 97.7 Å². The summed E-state index contributed by atoms with van der Waals surface area (Å²) < 4.78 is 3.43. The van der Waals surface area contributed by atoms with E-state index < -0.39 is 0 Å². The molecule has 6 heteroatoms. The summed E-state index contributed by atoms with van der Waals surface area (Å²) in [5.74, 6) is -0.202. The maximum absolute atomic E-state index is 12.4. The Hall–Kier alpha value is -3.65. The highest BCUT2D eigenvalue weighted by Gasteiger charge is 2.08. The Labute approximate surface area is 211 Å². The summed E-state index contributed by atoms with van der Waals surface area (Å²) in [6, 6.07) is 30.9. The highest BCUT2D eigenvalue weighted by Crippen LogP contribution is 2.23. The van der Waals surface area contributed by atoms with Gasteiger partial charge in [0.25, 0.3) is 5.91 Å². The van der Waals surface area contributed by atoms with E-state index in [0.29, 0.717) is 0 Å². The predicted molar refractivity (Wildman–Crippen MR) is 148 cm³/mol. The topological polar surface area (TPSA) is 58.4 Å². The molecule has 0 saturated heterocycles. The number of nitrogens with one attached hydrogen (secondary N) is 2. The number of rotatable bonds is 7. The Morgan fingerprint density at radius 1 is 0.882 bits per heavy atom. The van der Waals surface area contributed by atoms with Gasteiger partial charge in [0.15, 0.2) is 0 Å². The minimum absolute atomic E-state index is 0.139. The largest absolute Gasteiger partial charge is 0.376 e. The van der Waals surface area contributed by atoms with Gasteiger partial charge >= 0.3 is 0 Å². The lowest BCUT2D eigenvalue weighted by atomic mass is 10.1. The summed E-state index contributed by atoms with van der Waals surface area (Å²) in [4.78, 5) is 12.4. The van der Waals surface area contributed by atoms with Crippen LogP contribution in [-0.4, -0.2) is 23.2 Å². The summed E-state index contributed by atoms with van der Waals surface area (Å²) in [5, 5.41) is 10.7. The first-order valence-electron chi connectivity index (χ1n) is 11.0. The number of aromatic nitrogens is 1. The van der Waals surface area contributed by atoms with Crippen molar-refractivity contribution in [3.8, 4) is 0 Å². The molecule has 0 fully saturated rings. The minimum Gasteiger partial charge on any atom is -0.376 e. The Bertz CT molecular complexity index is 1480. The molecule has 5 nitrogen and oxygen atoms in total. The molecule has 0 atom stereocenters. The molecule has 0 radical (unpaired) electrons. The Balaban J connectivity index is 1.26. The molecular formula is C28H23IN4O. The zero-order valence-electron chi connectivity index (χ0n) is 18.4. The number of amides is 1. The van der Waals surface area contributed by atoms with E-state index in [4.69, 9.17) is 0 Å². The van der Waals surface area contributed by atoms with Crippen molar-refractivity contribution in [2.75, 3.05) is 11.9 Å². The quantitative estimate of drug-likeness (QED) is 0.146. The molecular weight excluding hydrogens is 535 g/mol. The van der Waals surface area contributed by atoms with Crippen molar-refractivity contribution in [1.82, 2.24) is 9.99 Å². The fraction of sp³-hybridized carbons (Fsp3) is 0.0714. The summed E-state index contributed by atoms with van der Waals surface area (Å²) in [7, 11) is 0. The van der Waals surface area contributed by atoms with Crippen LogP contribution in [0.15, 0.2) is 102 Å². The van der Waals surface area contributed by atoms with Crippen LogP contribution >= 0.6 is 22.6 Å². The van der Waals surface area contributed by atoms with Gasteiger partial charge in [0, 0.05) is 43.9 Å². The lowest BCUT2D eigenvalue weighted by Gasteiger charge is -2.08. The van der Waals surface area contributed by atoms with Crippen molar-refractivity contribution in [3.05, 3.63) is 112 Å². The molecule has 1 amide bonds. The van der Waals surface area contributed by atoms with Gasteiger partial charge in [0.1, 0.15) is 0 Å². The highest BCUT2D eigenvalue weighted by atomic mass is 127. The fourth-order valence-electron chi connectivity index (χ4n) is 4.06. The fourth-order valence-corrected chi connectivity index (χ4v) is 4.42. The van der Waals surface area contributed by atoms with Gasteiger partial charge in [-0.2, -0.15) is 5.10 Å². The third-order valence-corrected chi connectivity index (χ3v) is 6.43. The van der Waals surface area contributed by atoms with E-state index in [1.54, 1.807) is 6.21 Å². The number of hydrazone groups is 1. The molecule has 0 bridgehead atoms. The number of anilines is 1. The second-order valence-electron chi connectivity index (χ2n) is 8.03. The van der Waals surface area contributed by atoms with Crippen molar-refractivity contribution in [2.24, 2.45) is 5.10 Å². The zero-order chi connectivity index (χ0) is 23.3. The third kappa shape index (κ3) is 4.97. The first kappa shape index (κ1) is 22.2. The van der Waals surface area contributed by atoms with Crippen LogP contribution in [-0.2, 0) is 11.3 Å². The van der Waals surface area contributed by atoms with Crippen molar-refractivity contribution in [2.45, 2.75) is 6.54 Å². The molecule has 0 aliphatic rings. The van der Waals surface area contributed by atoms with Crippen LogP contribution in [0.3, 0.4) is 0 Å². The monoisotopic (exact) mass is 558 g/mol. The molecule has 0 aliphatic heterocycles. The van der Waals surface area contributed by atoms with Crippen LogP contribution in [0.25, 0.3) is 21.7 Å². The van der Waals surface area contributed by atoms with Gasteiger partial charge in [0.2, 0.25) is 0 Å². The molecule has 0 spiro atoms. The normalized spacial score (nSPS) is 11.3. The van der Waals surface area contributed by atoms with E-state index in [0.717, 1.165) is 39.5 Å². The second-order valence-corrected chi connectivity index (χ2v) is 9.28. The van der Waals surface area contributed by atoms with E-state index in [1.807, 2.05) is 42.5 Å². The molecule has 2 N–H and O–H groups in total. The van der Waals surface area contributed by atoms with Crippen LogP contribution < -0.4 is 10.7 Å². The van der Waals surface area contributed by atoms with Crippen molar-refractivity contribution >= 4 is 62.1 Å². The smallest absolute Gasteiger partial charge is 0.259 e. The van der Waals surface area contributed by atoms with Crippen LogP contribution in [0.4, 0.5) is 5.69 Å². The summed E-state index contributed by atoms with van der Waals surface area (Å²) in [6.07, 6.45) is 3.79. The lowest BCUT2D eigenvalue weighted by molar-refractivity contribution is -0.119. The molecule has 0 unspecified atom stereocenters. The number of benzene rings is 4. The molecule has 34 heavy (non-hydrogen) atoms. The van der Waals surface area contributed by atoms with Crippen molar-refractivity contribution in [1.29, 1.82) is 0 Å². The van der Waals surface area contributed by atoms with Gasteiger partial charge in [0.05, 0.1) is 12.8 Å². The molecule has 1 aromatic heterocycles. The van der Waals surface area contributed by atoms with Gasteiger partial charge in [-0.05, 0) is 57.8 Å². The number of para-hydroxylation sites is 1. The van der Waals surface area contributed by atoms with Crippen LogP contribution in [0, 0.1) is 3.57 Å². The van der Waals surface area contributed by atoms with Crippen molar-refractivity contribution < 1.29 is 4.79 Å². The van der Waals surface area contributed by atoms with E-state index >= 15 is 0 Å². The third-order valence-electron chi connectivity index (χ3n) is 5.71. The molecule has 168 valence electrons. The standard InChI is InChI=1S/C28H23IN4O/c29-23-14-12-20(13-15-23)18-33-19-22(25-9-3-4-11-27(25)33)16-31-32-28(34)17-30-26-10-5-7-21-6-1-2-8-24(21)26/h1-16,19,30H,17-18H2,(H,32,34)/b31-16-. The summed E-state index contributed by atoms with van der Waals surface area (Å²) >= 11 is 2.32. The number of hydrogen-bond donors (Lipinski definition) is 2. The van der Waals surface area contributed by atoms with Crippen LogP contribution in [0.5, 0.6) is 0 Å². The Morgan fingerprint density at radius 2 is 1.62 bits per heavy atom. The Morgan fingerprint density at radius 3 is 2.47 bits per heavy atom. The Kier molecular flexibility index (Phi) is 6.58. The average Bonchev–Trinajstić information content (AvgIpc) is 3.21. The number of carbonyl (C=O) groups excluding carboxylic acids is 1. The van der Waals surface area contributed by atoms with Gasteiger partial charge in [-0.3, -0.25) is 4.79 Å². The molecule has 0 aliphatic carbocycles. The van der Waals surface area contributed by atoms with Gasteiger partial charge < -0.3 is 9.88 Å². The summed E-state index contributed by atoms with van der Waals surface area (Å²) in [6.45, 7) is 0.909. The SMILES string of the molecule is O=C(CNc1cccc2ccccc12)N/N=C\c1cn(Cc2ccc(I)cc2)c2ccccc12. The minimum atomic E-state index is -0.202. The predicted octanol–water partition coefficient (Wildman–Crippen LogP) is 6.01. The maximum Gasteiger partial charge on any atom is 0.259 e. The number of hydrogen-bond acceptors (Lipinski definition) is 3. The molecule has 0 saturated carbocycles. The molecule has 1 heterocycles. The highest BCUT2D eigenvalue weighted by molar-refractivity contribution is 14.1. The first-order valence-corrected chi connectivity index (χ1v) is 12.1. The van der Waals surface area contributed by atoms with Crippen molar-refractivity contribution in [3.63, 3.8) is 0 Å².